The summed E-state index contributed by atoms with van der Waals surface area (Å²) in [5.74, 6) is -0.937. The van der Waals surface area contributed by atoms with Crippen molar-refractivity contribution in [2.75, 3.05) is 5.32 Å². The molecule has 3 rings (SSSR count). The van der Waals surface area contributed by atoms with Crippen LogP contribution in [0.3, 0.4) is 0 Å². The van der Waals surface area contributed by atoms with Crippen molar-refractivity contribution in [3.63, 3.8) is 0 Å². The predicted octanol–water partition coefficient (Wildman–Crippen LogP) is 3.03. The van der Waals surface area contributed by atoms with E-state index in [-0.39, 0.29) is 16.4 Å². The number of carbonyl (C=O) groups excluding carboxylic acids is 1. The summed E-state index contributed by atoms with van der Waals surface area (Å²) in [5.41, 5.74) is 2.38. The Kier molecular flexibility index (Phi) is 6.66. The first-order valence-electron chi connectivity index (χ1n) is 10.1. The standard InChI is InChI=1S/C22H27N3O5S/c1-5-15-6-8-16(9-7-15)23-21(26)18(12-14(2)3)24-31(28,29)17-10-11-19-20(13-17)30-22(27)25(19)4/h6-11,13-14,18,24H,5,12H2,1-4H3,(H,23,26)/t18-/m1/s1. The van der Waals surface area contributed by atoms with Gasteiger partial charge in [0, 0.05) is 18.8 Å². The Labute approximate surface area is 181 Å². The largest absolute Gasteiger partial charge is 0.419 e. The number of aryl methyl sites for hydroxylation is 2. The van der Waals surface area contributed by atoms with Crippen LogP contribution in [0, 0.1) is 5.92 Å². The predicted molar refractivity (Wildman–Crippen MR) is 119 cm³/mol. The van der Waals surface area contributed by atoms with Gasteiger partial charge in [0.05, 0.1) is 10.4 Å². The molecule has 1 aromatic heterocycles. The van der Waals surface area contributed by atoms with E-state index in [2.05, 4.69) is 10.0 Å². The molecule has 9 heteroatoms. The first kappa shape index (κ1) is 22.8. The van der Waals surface area contributed by atoms with Crippen molar-refractivity contribution in [1.82, 2.24) is 9.29 Å². The molecule has 166 valence electrons. The van der Waals surface area contributed by atoms with Crippen LogP contribution in [0.25, 0.3) is 11.1 Å². The van der Waals surface area contributed by atoms with Gasteiger partial charge >= 0.3 is 5.76 Å². The van der Waals surface area contributed by atoms with Crippen LogP contribution in [-0.4, -0.2) is 24.9 Å². The van der Waals surface area contributed by atoms with E-state index in [9.17, 15) is 18.0 Å². The third-order valence-corrected chi connectivity index (χ3v) is 6.49. The maximum atomic E-state index is 13.0. The molecule has 8 nitrogen and oxygen atoms in total. The molecular weight excluding hydrogens is 418 g/mol. The van der Waals surface area contributed by atoms with Crippen molar-refractivity contribution in [3.05, 3.63) is 58.6 Å². The molecular formula is C22H27N3O5S. The summed E-state index contributed by atoms with van der Waals surface area (Å²) in [6.07, 6.45) is 1.21. The quantitative estimate of drug-likeness (QED) is 0.554. The van der Waals surface area contributed by atoms with E-state index in [1.54, 1.807) is 12.1 Å². The second kappa shape index (κ2) is 9.07. The van der Waals surface area contributed by atoms with E-state index in [1.807, 2.05) is 32.9 Å². The van der Waals surface area contributed by atoms with Crippen molar-refractivity contribution in [3.8, 4) is 0 Å². The maximum absolute atomic E-state index is 13.0. The number of oxazole rings is 1. The molecule has 0 spiro atoms. The summed E-state index contributed by atoms with van der Waals surface area (Å²) in [7, 11) is -2.49. The van der Waals surface area contributed by atoms with E-state index in [1.165, 1.54) is 29.8 Å². The zero-order valence-electron chi connectivity index (χ0n) is 18.0. The number of aromatic nitrogens is 1. The zero-order valence-corrected chi connectivity index (χ0v) is 18.8. The van der Waals surface area contributed by atoms with Gasteiger partial charge in [-0.2, -0.15) is 4.72 Å². The molecule has 2 aromatic carbocycles. The second-order valence-corrected chi connectivity index (χ2v) is 9.61. The van der Waals surface area contributed by atoms with E-state index in [0.717, 1.165) is 12.0 Å². The first-order chi connectivity index (χ1) is 14.6. The summed E-state index contributed by atoms with van der Waals surface area (Å²) in [6.45, 7) is 5.86. The van der Waals surface area contributed by atoms with Crippen LogP contribution in [-0.2, 0) is 28.3 Å². The number of sulfonamides is 1. The lowest BCUT2D eigenvalue weighted by Gasteiger charge is -2.20. The Morgan fingerprint density at radius 1 is 1.13 bits per heavy atom. The minimum absolute atomic E-state index is 0.0792. The van der Waals surface area contributed by atoms with Crippen molar-refractivity contribution in [2.45, 2.75) is 44.6 Å². The van der Waals surface area contributed by atoms with Gasteiger partial charge in [0.2, 0.25) is 15.9 Å². The number of hydrogen-bond donors (Lipinski definition) is 2. The number of fused-ring (bicyclic) bond motifs is 1. The molecule has 1 heterocycles. The Balaban J connectivity index is 1.84. The van der Waals surface area contributed by atoms with Gasteiger partial charge in [-0.1, -0.05) is 32.9 Å². The van der Waals surface area contributed by atoms with E-state index < -0.39 is 27.7 Å². The fourth-order valence-electron chi connectivity index (χ4n) is 3.27. The highest BCUT2D eigenvalue weighted by molar-refractivity contribution is 7.89. The minimum atomic E-state index is -4.03. The van der Waals surface area contributed by atoms with Crippen molar-refractivity contribution in [1.29, 1.82) is 0 Å². The lowest BCUT2D eigenvalue weighted by atomic mass is 10.0. The molecule has 1 amide bonds. The molecule has 2 N–H and O–H groups in total. The number of carbonyl (C=O) groups is 1. The summed E-state index contributed by atoms with van der Waals surface area (Å²) < 4.78 is 34.8. The third kappa shape index (κ3) is 5.23. The molecule has 0 aliphatic carbocycles. The smallest absolute Gasteiger partial charge is 0.408 e. The van der Waals surface area contributed by atoms with Gasteiger partial charge in [0.1, 0.15) is 6.04 Å². The van der Waals surface area contributed by atoms with Gasteiger partial charge in [-0.15, -0.1) is 0 Å². The monoisotopic (exact) mass is 445 g/mol. The maximum Gasteiger partial charge on any atom is 0.419 e. The van der Waals surface area contributed by atoms with E-state index >= 15 is 0 Å². The first-order valence-corrected chi connectivity index (χ1v) is 11.6. The molecule has 3 aromatic rings. The molecule has 0 bridgehead atoms. The zero-order chi connectivity index (χ0) is 22.8. The number of rotatable bonds is 8. The Bertz CT molecular complexity index is 1240. The number of nitrogens with zero attached hydrogens (tertiary/aromatic N) is 1. The Morgan fingerprint density at radius 3 is 2.42 bits per heavy atom. The number of hydrogen-bond acceptors (Lipinski definition) is 5. The van der Waals surface area contributed by atoms with Gasteiger partial charge in [0.25, 0.3) is 0 Å². The lowest BCUT2D eigenvalue weighted by Crippen LogP contribution is -2.44. The molecule has 0 radical (unpaired) electrons. The van der Waals surface area contributed by atoms with E-state index in [0.29, 0.717) is 17.6 Å². The second-order valence-electron chi connectivity index (χ2n) is 7.90. The highest BCUT2D eigenvalue weighted by atomic mass is 32.2. The average molecular weight is 446 g/mol. The summed E-state index contributed by atoms with van der Waals surface area (Å²) in [5, 5.41) is 2.78. The molecule has 0 fully saturated rings. The van der Waals surface area contributed by atoms with Crippen LogP contribution in [0.4, 0.5) is 5.69 Å². The normalized spacial score (nSPS) is 12.9. The van der Waals surface area contributed by atoms with E-state index in [4.69, 9.17) is 4.42 Å². The Hall–Kier alpha value is -2.91. The third-order valence-electron chi connectivity index (χ3n) is 5.02. The van der Waals surface area contributed by atoms with Gasteiger partial charge in [0.15, 0.2) is 5.58 Å². The Morgan fingerprint density at radius 2 is 1.81 bits per heavy atom. The lowest BCUT2D eigenvalue weighted by molar-refractivity contribution is -0.118. The van der Waals surface area contributed by atoms with Crippen LogP contribution < -0.4 is 15.8 Å². The molecule has 0 saturated heterocycles. The average Bonchev–Trinajstić information content (AvgIpc) is 3.00. The molecule has 31 heavy (non-hydrogen) atoms. The number of benzene rings is 2. The van der Waals surface area contributed by atoms with Gasteiger partial charge < -0.3 is 9.73 Å². The summed E-state index contributed by atoms with van der Waals surface area (Å²) in [4.78, 5) is 24.5. The topological polar surface area (TPSA) is 110 Å². The summed E-state index contributed by atoms with van der Waals surface area (Å²) >= 11 is 0. The molecule has 0 unspecified atom stereocenters. The fourth-order valence-corrected chi connectivity index (χ4v) is 4.49. The van der Waals surface area contributed by atoms with Crippen LogP contribution in [0.15, 0.2) is 56.6 Å². The highest BCUT2D eigenvalue weighted by Gasteiger charge is 2.27. The van der Waals surface area contributed by atoms with Crippen molar-refractivity contribution in [2.24, 2.45) is 13.0 Å². The number of amides is 1. The summed E-state index contributed by atoms with van der Waals surface area (Å²) in [6, 6.07) is 10.6. The highest BCUT2D eigenvalue weighted by Crippen LogP contribution is 2.20. The van der Waals surface area contributed by atoms with Gasteiger partial charge in [-0.05, 0) is 48.6 Å². The SMILES string of the molecule is CCc1ccc(NC(=O)[C@@H](CC(C)C)NS(=O)(=O)c2ccc3c(c2)oc(=O)n3C)cc1. The van der Waals surface area contributed by atoms with Crippen LogP contribution in [0.2, 0.25) is 0 Å². The van der Waals surface area contributed by atoms with Gasteiger partial charge in [-0.3, -0.25) is 9.36 Å². The van der Waals surface area contributed by atoms with Crippen LogP contribution in [0.5, 0.6) is 0 Å². The van der Waals surface area contributed by atoms with Crippen LogP contribution >= 0.6 is 0 Å². The molecule has 0 saturated carbocycles. The molecule has 1 atom stereocenters. The molecule has 0 aliphatic heterocycles. The number of nitrogens with one attached hydrogen (secondary N) is 2. The molecule has 0 aliphatic rings. The van der Waals surface area contributed by atoms with Gasteiger partial charge in [-0.25, -0.2) is 13.2 Å². The number of anilines is 1. The van der Waals surface area contributed by atoms with Crippen LogP contribution in [0.1, 0.15) is 32.8 Å². The van der Waals surface area contributed by atoms with Crippen molar-refractivity contribution < 1.29 is 17.6 Å². The van der Waals surface area contributed by atoms with Crippen molar-refractivity contribution >= 4 is 32.7 Å². The minimum Gasteiger partial charge on any atom is -0.408 e. The fraction of sp³-hybridized carbons (Fsp3) is 0.364.